The minimum absolute atomic E-state index is 0.200. The Morgan fingerprint density at radius 3 is 2.18 bits per heavy atom. The number of benzene rings is 4. The number of hydrogen-bond acceptors (Lipinski definition) is 2. The van der Waals surface area contributed by atoms with Crippen LogP contribution in [0.25, 0.3) is 16.5 Å². The standard InChI is InChI=1S/C26H22N2/c1-3-11-21(12-4-1)25-18-28(22-14-5-2-6-15-22)19-26(27-25)24-17-9-13-20-10-7-8-16-23(20)24/h1-18,26-27H,19H2. The van der Waals surface area contributed by atoms with E-state index < -0.39 is 0 Å². The van der Waals surface area contributed by atoms with Crippen LogP contribution in [0, 0.1) is 0 Å². The highest BCUT2D eigenvalue weighted by atomic mass is 15.2. The first-order chi connectivity index (χ1) is 13.9. The van der Waals surface area contributed by atoms with Crippen molar-refractivity contribution >= 4 is 22.2 Å². The van der Waals surface area contributed by atoms with E-state index in [1.54, 1.807) is 0 Å². The molecule has 0 fully saturated rings. The van der Waals surface area contributed by atoms with E-state index in [4.69, 9.17) is 0 Å². The third kappa shape index (κ3) is 3.14. The van der Waals surface area contributed by atoms with Crippen molar-refractivity contribution < 1.29 is 0 Å². The zero-order valence-corrected chi connectivity index (χ0v) is 15.6. The smallest absolute Gasteiger partial charge is 0.0699 e. The molecule has 0 aliphatic carbocycles. The maximum absolute atomic E-state index is 3.80. The molecule has 5 rings (SSSR count). The molecular weight excluding hydrogens is 340 g/mol. The van der Waals surface area contributed by atoms with Gasteiger partial charge in [0, 0.05) is 18.4 Å². The lowest BCUT2D eigenvalue weighted by Crippen LogP contribution is -2.37. The summed E-state index contributed by atoms with van der Waals surface area (Å²) in [6, 6.07) is 36.6. The largest absolute Gasteiger partial charge is 0.375 e. The third-order valence-electron chi connectivity index (χ3n) is 5.37. The molecule has 0 amide bonds. The number of rotatable bonds is 3. The average Bonchev–Trinajstić information content (AvgIpc) is 2.79. The van der Waals surface area contributed by atoms with E-state index in [0.717, 1.165) is 12.2 Å². The topological polar surface area (TPSA) is 15.3 Å². The zero-order valence-electron chi connectivity index (χ0n) is 15.6. The van der Waals surface area contributed by atoms with Gasteiger partial charge in [-0.15, -0.1) is 0 Å². The van der Waals surface area contributed by atoms with E-state index in [1.807, 2.05) is 0 Å². The van der Waals surface area contributed by atoms with Gasteiger partial charge in [-0.3, -0.25) is 0 Å². The van der Waals surface area contributed by atoms with Crippen LogP contribution in [0.4, 0.5) is 5.69 Å². The average molecular weight is 362 g/mol. The number of hydrogen-bond donors (Lipinski definition) is 1. The molecular formula is C26H22N2. The van der Waals surface area contributed by atoms with Crippen molar-refractivity contribution in [2.24, 2.45) is 0 Å². The Morgan fingerprint density at radius 1 is 0.679 bits per heavy atom. The third-order valence-corrected chi connectivity index (χ3v) is 5.37. The molecule has 1 atom stereocenters. The molecule has 136 valence electrons. The van der Waals surface area contributed by atoms with Gasteiger partial charge in [0.15, 0.2) is 0 Å². The van der Waals surface area contributed by atoms with E-state index in [0.29, 0.717) is 0 Å². The minimum atomic E-state index is 0.200. The fourth-order valence-corrected chi connectivity index (χ4v) is 3.98. The summed E-state index contributed by atoms with van der Waals surface area (Å²) in [6.45, 7) is 0.883. The van der Waals surface area contributed by atoms with E-state index in [9.17, 15) is 0 Å². The van der Waals surface area contributed by atoms with Crippen molar-refractivity contribution in [3.05, 3.63) is 120 Å². The van der Waals surface area contributed by atoms with Crippen molar-refractivity contribution in [2.75, 3.05) is 11.4 Å². The van der Waals surface area contributed by atoms with Crippen LogP contribution in [0.5, 0.6) is 0 Å². The minimum Gasteiger partial charge on any atom is -0.375 e. The highest BCUT2D eigenvalue weighted by Crippen LogP contribution is 2.32. The van der Waals surface area contributed by atoms with Crippen LogP contribution in [-0.2, 0) is 0 Å². The van der Waals surface area contributed by atoms with E-state index in [1.165, 1.54) is 27.6 Å². The van der Waals surface area contributed by atoms with Gasteiger partial charge in [0.2, 0.25) is 0 Å². The lowest BCUT2D eigenvalue weighted by Gasteiger charge is -2.35. The number of para-hydroxylation sites is 1. The Morgan fingerprint density at radius 2 is 1.36 bits per heavy atom. The van der Waals surface area contributed by atoms with Crippen LogP contribution < -0.4 is 10.2 Å². The Hall–Kier alpha value is -3.52. The van der Waals surface area contributed by atoms with Crippen molar-refractivity contribution in [1.29, 1.82) is 0 Å². The number of nitrogens with one attached hydrogen (secondary N) is 1. The van der Waals surface area contributed by atoms with Gasteiger partial charge < -0.3 is 10.2 Å². The summed E-state index contributed by atoms with van der Waals surface area (Å²) in [5.41, 5.74) is 4.89. The predicted molar refractivity (Wildman–Crippen MR) is 118 cm³/mol. The Labute approximate surface area is 165 Å². The van der Waals surface area contributed by atoms with E-state index >= 15 is 0 Å². The summed E-state index contributed by atoms with van der Waals surface area (Å²) in [6.07, 6.45) is 2.23. The van der Waals surface area contributed by atoms with E-state index in [2.05, 4.69) is 120 Å². The SMILES string of the molecule is C1=C(c2ccccc2)NC(c2cccc3ccccc23)CN1c1ccccc1. The van der Waals surface area contributed by atoms with Gasteiger partial charge >= 0.3 is 0 Å². The van der Waals surface area contributed by atoms with Crippen LogP contribution in [0.2, 0.25) is 0 Å². The maximum atomic E-state index is 3.80. The molecule has 1 aliphatic heterocycles. The molecule has 1 heterocycles. The molecule has 0 aromatic heterocycles. The second-order valence-corrected chi connectivity index (χ2v) is 7.16. The fourth-order valence-electron chi connectivity index (χ4n) is 3.98. The monoisotopic (exact) mass is 362 g/mol. The second kappa shape index (κ2) is 7.24. The Bertz CT molecular complexity index is 1110. The lowest BCUT2D eigenvalue weighted by molar-refractivity contribution is 0.616. The van der Waals surface area contributed by atoms with Crippen molar-refractivity contribution in [3.63, 3.8) is 0 Å². The molecule has 2 nitrogen and oxygen atoms in total. The Balaban J connectivity index is 1.61. The van der Waals surface area contributed by atoms with Gasteiger partial charge in [-0.1, -0.05) is 91.0 Å². The van der Waals surface area contributed by atoms with Gasteiger partial charge in [-0.25, -0.2) is 0 Å². The summed E-state index contributed by atoms with van der Waals surface area (Å²) in [4.78, 5) is 2.35. The highest BCUT2D eigenvalue weighted by Gasteiger charge is 2.24. The van der Waals surface area contributed by atoms with Crippen LogP contribution >= 0.6 is 0 Å². The van der Waals surface area contributed by atoms with E-state index in [-0.39, 0.29) is 6.04 Å². The molecule has 2 heteroatoms. The van der Waals surface area contributed by atoms with Crippen molar-refractivity contribution in [3.8, 4) is 0 Å². The van der Waals surface area contributed by atoms with Gasteiger partial charge in [-0.2, -0.15) is 0 Å². The molecule has 1 aliphatic rings. The summed E-state index contributed by atoms with van der Waals surface area (Å²) >= 11 is 0. The number of anilines is 1. The molecule has 0 radical (unpaired) electrons. The summed E-state index contributed by atoms with van der Waals surface area (Å²) in [5, 5.41) is 6.39. The highest BCUT2D eigenvalue weighted by molar-refractivity contribution is 5.86. The summed E-state index contributed by atoms with van der Waals surface area (Å²) in [5.74, 6) is 0. The Kier molecular flexibility index (Phi) is 4.30. The molecule has 4 aromatic carbocycles. The van der Waals surface area contributed by atoms with Crippen molar-refractivity contribution in [1.82, 2.24) is 5.32 Å². The van der Waals surface area contributed by atoms with Gasteiger partial charge in [0.25, 0.3) is 0 Å². The first kappa shape index (κ1) is 16.6. The molecule has 4 aromatic rings. The maximum Gasteiger partial charge on any atom is 0.0699 e. The summed E-state index contributed by atoms with van der Waals surface area (Å²) in [7, 11) is 0. The van der Waals surface area contributed by atoms with Crippen LogP contribution in [0.15, 0.2) is 109 Å². The second-order valence-electron chi connectivity index (χ2n) is 7.16. The lowest BCUT2D eigenvalue weighted by atomic mass is 9.96. The fraction of sp³-hybridized carbons (Fsp3) is 0.0769. The van der Waals surface area contributed by atoms with Crippen LogP contribution in [-0.4, -0.2) is 6.54 Å². The molecule has 1 N–H and O–H groups in total. The first-order valence-electron chi connectivity index (χ1n) is 9.72. The molecule has 0 saturated carbocycles. The van der Waals surface area contributed by atoms with Gasteiger partial charge in [0.05, 0.1) is 11.7 Å². The summed E-state index contributed by atoms with van der Waals surface area (Å²) < 4.78 is 0. The zero-order chi connectivity index (χ0) is 18.8. The molecule has 0 spiro atoms. The first-order valence-corrected chi connectivity index (χ1v) is 9.72. The normalized spacial score (nSPS) is 16.5. The van der Waals surface area contributed by atoms with Gasteiger partial charge in [-0.05, 0) is 34.0 Å². The van der Waals surface area contributed by atoms with Gasteiger partial charge in [0.1, 0.15) is 0 Å². The molecule has 28 heavy (non-hydrogen) atoms. The molecule has 1 unspecified atom stereocenters. The number of fused-ring (bicyclic) bond motifs is 1. The van der Waals surface area contributed by atoms with Crippen LogP contribution in [0.3, 0.4) is 0 Å². The molecule has 0 bridgehead atoms. The quantitative estimate of drug-likeness (QED) is 0.481. The van der Waals surface area contributed by atoms with Crippen molar-refractivity contribution in [2.45, 2.75) is 6.04 Å². The molecule has 0 saturated heterocycles. The van der Waals surface area contributed by atoms with Crippen LogP contribution in [0.1, 0.15) is 17.2 Å². The number of nitrogens with zero attached hydrogens (tertiary/aromatic N) is 1. The predicted octanol–water partition coefficient (Wildman–Crippen LogP) is 5.99.